The zero-order valence-corrected chi connectivity index (χ0v) is 16.2. The number of carbonyl (C=O) groups excluding carboxylic acids is 3. The van der Waals surface area contributed by atoms with E-state index in [0.717, 1.165) is 4.90 Å². The van der Waals surface area contributed by atoms with E-state index in [-0.39, 0.29) is 17.3 Å². The number of fused-ring (bicyclic) bond motifs is 4. The van der Waals surface area contributed by atoms with Gasteiger partial charge in [-0.05, 0) is 25.5 Å². The van der Waals surface area contributed by atoms with Crippen LogP contribution in [0.5, 0.6) is 0 Å². The Morgan fingerprint density at radius 2 is 1.83 bits per heavy atom. The second-order valence-corrected chi connectivity index (χ2v) is 7.98. The molecule has 3 heterocycles. The van der Waals surface area contributed by atoms with Gasteiger partial charge in [-0.1, -0.05) is 24.3 Å². The maximum Gasteiger partial charge on any atom is 0.271 e. The van der Waals surface area contributed by atoms with Crippen LogP contribution < -0.4 is 15.5 Å². The first-order chi connectivity index (χ1) is 14.3. The number of nitro groups is 1. The molecular weight excluding hydrogens is 388 g/mol. The van der Waals surface area contributed by atoms with Crippen LogP contribution in [-0.2, 0) is 19.9 Å². The maximum atomic E-state index is 13.6. The Balaban J connectivity index is 1.67. The molecule has 0 aromatic heterocycles. The van der Waals surface area contributed by atoms with E-state index in [2.05, 4.69) is 10.6 Å². The van der Waals surface area contributed by atoms with Gasteiger partial charge >= 0.3 is 0 Å². The van der Waals surface area contributed by atoms with Crippen LogP contribution in [0, 0.1) is 28.9 Å². The van der Waals surface area contributed by atoms with E-state index in [9.17, 15) is 24.5 Å². The molecule has 1 spiro atoms. The van der Waals surface area contributed by atoms with Crippen LogP contribution in [-0.4, -0.2) is 28.7 Å². The van der Waals surface area contributed by atoms with Crippen molar-refractivity contribution in [3.8, 4) is 0 Å². The van der Waals surface area contributed by atoms with Gasteiger partial charge in [-0.15, -0.1) is 0 Å². The highest BCUT2D eigenvalue weighted by Gasteiger charge is 2.69. The lowest BCUT2D eigenvalue weighted by Crippen LogP contribution is -2.53. The van der Waals surface area contributed by atoms with Crippen molar-refractivity contribution in [3.05, 3.63) is 63.7 Å². The summed E-state index contributed by atoms with van der Waals surface area (Å²) in [5.41, 5.74) is 0.423. The number of imide groups is 1. The smallest absolute Gasteiger partial charge is 0.271 e. The standard InChI is InChI=1S/C21H18N4O5/c1-10-7-8-12(25(29)30)9-15(10)24-18(26)16-11(2)23-21(17(16)19(24)27)13-5-3-4-6-14(13)22-20(21)28/h3-9,11,16-17,23H,1-2H3,(H,22,28)/t11-,16+,17+,21+/m0/s1. The average molecular weight is 406 g/mol. The molecule has 2 aromatic carbocycles. The molecule has 3 amide bonds. The van der Waals surface area contributed by atoms with Crippen molar-refractivity contribution in [2.45, 2.75) is 25.4 Å². The van der Waals surface area contributed by atoms with Gasteiger partial charge in [-0.2, -0.15) is 0 Å². The number of hydrogen-bond acceptors (Lipinski definition) is 6. The summed E-state index contributed by atoms with van der Waals surface area (Å²) < 4.78 is 0. The predicted molar refractivity (Wildman–Crippen MR) is 107 cm³/mol. The molecule has 0 saturated carbocycles. The molecule has 3 aliphatic rings. The third-order valence-electron chi connectivity index (χ3n) is 6.41. The average Bonchev–Trinajstić information content (AvgIpc) is 3.27. The number of anilines is 2. The molecule has 3 aliphatic heterocycles. The SMILES string of the molecule is Cc1ccc([N+](=O)[O-])cc1N1C(=O)[C@@H]2[C@H](C)N[C@@]3(C(=O)Nc4ccccc43)[C@H]2C1=O. The summed E-state index contributed by atoms with van der Waals surface area (Å²) in [6.45, 7) is 3.46. The Morgan fingerprint density at radius 1 is 1.10 bits per heavy atom. The molecule has 9 heteroatoms. The third kappa shape index (κ3) is 2.12. The first-order valence-electron chi connectivity index (χ1n) is 9.59. The quantitative estimate of drug-likeness (QED) is 0.446. The molecular formula is C21H18N4O5. The van der Waals surface area contributed by atoms with Crippen LogP contribution in [0.1, 0.15) is 18.1 Å². The topological polar surface area (TPSA) is 122 Å². The van der Waals surface area contributed by atoms with E-state index in [1.807, 2.05) is 0 Å². The van der Waals surface area contributed by atoms with Gasteiger partial charge in [-0.25, -0.2) is 4.90 Å². The van der Waals surface area contributed by atoms with Crippen molar-refractivity contribution in [1.29, 1.82) is 0 Å². The molecule has 0 unspecified atom stereocenters. The molecule has 2 fully saturated rings. The van der Waals surface area contributed by atoms with Crippen LogP contribution >= 0.6 is 0 Å². The Labute approximate surface area is 171 Å². The number of nitrogens with one attached hydrogen (secondary N) is 2. The molecule has 5 rings (SSSR count). The van der Waals surface area contributed by atoms with E-state index in [1.54, 1.807) is 38.1 Å². The van der Waals surface area contributed by atoms with Gasteiger partial charge in [0, 0.05) is 29.4 Å². The first kappa shape index (κ1) is 18.4. The highest BCUT2D eigenvalue weighted by Crippen LogP contribution is 2.53. The number of nitrogens with zero attached hydrogens (tertiary/aromatic N) is 2. The maximum absolute atomic E-state index is 13.6. The van der Waals surface area contributed by atoms with Crippen molar-refractivity contribution in [2.75, 3.05) is 10.2 Å². The highest BCUT2D eigenvalue weighted by atomic mass is 16.6. The second-order valence-electron chi connectivity index (χ2n) is 7.98. The van der Waals surface area contributed by atoms with Gasteiger partial charge < -0.3 is 5.32 Å². The minimum absolute atomic E-state index is 0.183. The van der Waals surface area contributed by atoms with E-state index in [1.165, 1.54) is 18.2 Å². The normalized spacial score (nSPS) is 29.3. The van der Waals surface area contributed by atoms with Crippen molar-refractivity contribution in [1.82, 2.24) is 5.32 Å². The van der Waals surface area contributed by atoms with Crippen LogP contribution in [0.2, 0.25) is 0 Å². The van der Waals surface area contributed by atoms with E-state index in [0.29, 0.717) is 16.8 Å². The van der Waals surface area contributed by atoms with Crippen LogP contribution in [0.4, 0.5) is 17.1 Å². The molecule has 2 saturated heterocycles. The number of aryl methyl sites for hydroxylation is 1. The molecule has 0 radical (unpaired) electrons. The van der Waals surface area contributed by atoms with Gasteiger partial charge in [-0.3, -0.25) is 29.8 Å². The Kier molecular flexibility index (Phi) is 3.66. The molecule has 2 N–H and O–H groups in total. The lowest BCUT2D eigenvalue weighted by atomic mass is 9.76. The highest BCUT2D eigenvalue weighted by molar-refractivity contribution is 6.26. The third-order valence-corrected chi connectivity index (χ3v) is 6.41. The molecule has 0 bridgehead atoms. The molecule has 2 aromatic rings. The second kappa shape index (κ2) is 5.96. The minimum Gasteiger partial charge on any atom is -0.324 e. The van der Waals surface area contributed by atoms with Crippen LogP contribution in [0.15, 0.2) is 42.5 Å². The number of hydrogen-bond donors (Lipinski definition) is 2. The van der Waals surface area contributed by atoms with Crippen molar-refractivity contribution in [3.63, 3.8) is 0 Å². The summed E-state index contributed by atoms with van der Waals surface area (Å²) in [6.07, 6.45) is 0. The molecule has 4 atom stereocenters. The largest absolute Gasteiger partial charge is 0.324 e. The predicted octanol–water partition coefficient (Wildman–Crippen LogP) is 1.85. The number of benzene rings is 2. The number of amides is 3. The fourth-order valence-corrected chi connectivity index (χ4v) is 5.11. The summed E-state index contributed by atoms with van der Waals surface area (Å²) in [5.74, 6) is -3.06. The van der Waals surface area contributed by atoms with Gasteiger partial charge in [0.2, 0.25) is 17.7 Å². The number of rotatable bonds is 2. The summed E-state index contributed by atoms with van der Waals surface area (Å²) >= 11 is 0. The number of para-hydroxylation sites is 1. The zero-order chi connectivity index (χ0) is 21.4. The lowest BCUT2D eigenvalue weighted by Gasteiger charge is -2.29. The molecule has 0 aliphatic carbocycles. The Bertz CT molecular complexity index is 1160. The fraction of sp³-hybridized carbons (Fsp3) is 0.286. The number of non-ortho nitro benzene ring substituents is 1. The van der Waals surface area contributed by atoms with Gasteiger partial charge in [0.15, 0.2) is 0 Å². The number of nitro benzene ring substituents is 1. The monoisotopic (exact) mass is 406 g/mol. The summed E-state index contributed by atoms with van der Waals surface area (Å²) in [7, 11) is 0. The summed E-state index contributed by atoms with van der Waals surface area (Å²) in [6, 6.07) is 10.7. The van der Waals surface area contributed by atoms with Crippen molar-refractivity contribution >= 4 is 34.8 Å². The molecule has 152 valence electrons. The Morgan fingerprint density at radius 3 is 2.57 bits per heavy atom. The van der Waals surface area contributed by atoms with Crippen molar-refractivity contribution < 1.29 is 19.3 Å². The summed E-state index contributed by atoms with van der Waals surface area (Å²) in [5, 5.41) is 17.3. The Hall–Kier alpha value is -3.59. The minimum atomic E-state index is -1.35. The van der Waals surface area contributed by atoms with E-state index >= 15 is 0 Å². The van der Waals surface area contributed by atoms with Crippen LogP contribution in [0.3, 0.4) is 0 Å². The van der Waals surface area contributed by atoms with Crippen LogP contribution in [0.25, 0.3) is 0 Å². The lowest BCUT2D eigenvalue weighted by molar-refractivity contribution is -0.384. The van der Waals surface area contributed by atoms with E-state index < -0.39 is 40.2 Å². The van der Waals surface area contributed by atoms with Gasteiger partial charge in [0.1, 0.15) is 5.54 Å². The molecule has 9 nitrogen and oxygen atoms in total. The number of carbonyl (C=O) groups is 3. The fourth-order valence-electron chi connectivity index (χ4n) is 5.11. The zero-order valence-electron chi connectivity index (χ0n) is 16.2. The summed E-state index contributed by atoms with van der Waals surface area (Å²) in [4.78, 5) is 51.8. The van der Waals surface area contributed by atoms with Crippen molar-refractivity contribution in [2.24, 2.45) is 11.8 Å². The van der Waals surface area contributed by atoms with E-state index in [4.69, 9.17) is 0 Å². The first-order valence-corrected chi connectivity index (χ1v) is 9.59. The molecule has 30 heavy (non-hydrogen) atoms. The van der Waals surface area contributed by atoms with Gasteiger partial charge in [0.05, 0.1) is 22.4 Å². The van der Waals surface area contributed by atoms with Gasteiger partial charge in [0.25, 0.3) is 5.69 Å².